The van der Waals surface area contributed by atoms with Gasteiger partial charge in [0.25, 0.3) is 5.91 Å². The maximum absolute atomic E-state index is 12.3. The highest BCUT2D eigenvalue weighted by Crippen LogP contribution is 2.29. The van der Waals surface area contributed by atoms with E-state index in [1.165, 1.54) is 13.2 Å². The van der Waals surface area contributed by atoms with Crippen molar-refractivity contribution in [3.05, 3.63) is 58.6 Å². The van der Waals surface area contributed by atoms with Crippen molar-refractivity contribution in [2.24, 2.45) is 0 Å². The first-order chi connectivity index (χ1) is 11.5. The molecule has 1 N–H and O–H groups in total. The summed E-state index contributed by atoms with van der Waals surface area (Å²) in [5.74, 6) is -0.0189. The summed E-state index contributed by atoms with van der Waals surface area (Å²) in [5, 5.41) is 3.34. The SMILES string of the molecule is COc1cc(CCNC(=O)c2ccc(Cl)cc2)ccc1OC(F)F. The highest BCUT2D eigenvalue weighted by atomic mass is 35.5. The Kier molecular flexibility index (Phi) is 6.37. The van der Waals surface area contributed by atoms with Gasteiger partial charge in [-0.2, -0.15) is 8.78 Å². The highest BCUT2D eigenvalue weighted by molar-refractivity contribution is 6.30. The van der Waals surface area contributed by atoms with Gasteiger partial charge in [-0.15, -0.1) is 0 Å². The van der Waals surface area contributed by atoms with E-state index >= 15 is 0 Å². The fourth-order valence-electron chi connectivity index (χ4n) is 2.08. The standard InChI is InChI=1S/C17H16ClF2NO3/c1-23-15-10-11(2-7-14(15)24-17(19)20)8-9-21-16(22)12-3-5-13(18)6-4-12/h2-7,10,17H,8-9H2,1H3,(H,21,22). The molecule has 0 aliphatic heterocycles. The molecule has 0 atom stereocenters. The maximum Gasteiger partial charge on any atom is 0.387 e. The largest absolute Gasteiger partial charge is 0.493 e. The van der Waals surface area contributed by atoms with Crippen molar-refractivity contribution in [1.82, 2.24) is 5.32 Å². The zero-order chi connectivity index (χ0) is 17.5. The Morgan fingerprint density at radius 3 is 2.50 bits per heavy atom. The molecule has 2 rings (SSSR count). The zero-order valence-corrected chi connectivity index (χ0v) is 13.6. The number of ether oxygens (including phenoxy) is 2. The maximum atomic E-state index is 12.3. The van der Waals surface area contributed by atoms with E-state index < -0.39 is 6.61 Å². The van der Waals surface area contributed by atoms with E-state index in [-0.39, 0.29) is 17.4 Å². The summed E-state index contributed by atoms with van der Waals surface area (Å²) in [7, 11) is 1.37. The number of nitrogens with one attached hydrogen (secondary N) is 1. The number of hydrogen-bond donors (Lipinski definition) is 1. The molecule has 0 aliphatic carbocycles. The number of benzene rings is 2. The fraction of sp³-hybridized carbons (Fsp3) is 0.235. The van der Waals surface area contributed by atoms with Crippen LogP contribution in [0.25, 0.3) is 0 Å². The van der Waals surface area contributed by atoms with Crippen molar-refractivity contribution in [3.63, 3.8) is 0 Å². The molecule has 0 saturated carbocycles. The van der Waals surface area contributed by atoms with E-state index in [0.29, 0.717) is 23.6 Å². The van der Waals surface area contributed by atoms with Gasteiger partial charge in [0.1, 0.15) is 0 Å². The van der Waals surface area contributed by atoms with Crippen LogP contribution in [0.2, 0.25) is 5.02 Å². The van der Waals surface area contributed by atoms with Gasteiger partial charge in [0.05, 0.1) is 7.11 Å². The molecule has 0 spiro atoms. The average Bonchev–Trinajstić information content (AvgIpc) is 2.56. The van der Waals surface area contributed by atoms with E-state index in [1.807, 2.05) is 0 Å². The van der Waals surface area contributed by atoms with Gasteiger partial charge in [0, 0.05) is 17.1 Å². The second kappa shape index (κ2) is 8.49. The minimum absolute atomic E-state index is 0.0264. The third kappa shape index (κ3) is 5.09. The molecule has 2 aromatic carbocycles. The predicted molar refractivity (Wildman–Crippen MR) is 87.1 cm³/mol. The van der Waals surface area contributed by atoms with Gasteiger partial charge in [0.15, 0.2) is 11.5 Å². The molecule has 0 aliphatic rings. The Morgan fingerprint density at radius 2 is 1.88 bits per heavy atom. The van der Waals surface area contributed by atoms with Crippen LogP contribution in [0, 0.1) is 0 Å². The summed E-state index contributed by atoms with van der Waals surface area (Å²) < 4.78 is 34.0. The number of carbonyl (C=O) groups is 1. The number of methoxy groups -OCH3 is 1. The van der Waals surface area contributed by atoms with Crippen molar-refractivity contribution >= 4 is 17.5 Å². The third-order valence-electron chi connectivity index (χ3n) is 3.25. The van der Waals surface area contributed by atoms with Crippen molar-refractivity contribution in [2.75, 3.05) is 13.7 Å². The number of halogens is 3. The molecule has 2 aromatic rings. The summed E-state index contributed by atoms with van der Waals surface area (Å²) in [6, 6.07) is 11.2. The Balaban J connectivity index is 1.92. The zero-order valence-electron chi connectivity index (χ0n) is 12.9. The first kappa shape index (κ1) is 18.0. The molecule has 7 heteroatoms. The molecule has 0 aromatic heterocycles. The van der Waals surface area contributed by atoms with Crippen LogP contribution in [0.5, 0.6) is 11.5 Å². The lowest BCUT2D eigenvalue weighted by atomic mass is 10.1. The van der Waals surface area contributed by atoms with Crippen LogP contribution < -0.4 is 14.8 Å². The minimum atomic E-state index is -2.91. The second-order valence-electron chi connectivity index (χ2n) is 4.88. The van der Waals surface area contributed by atoms with Gasteiger partial charge in [0.2, 0.25) is 0 Å². The van der Waals surface area contributed by atoms with Gasteiger partial charge in [-0.05, 0) is 48.4 Å². The average molecular weight is 356 g/mol. The van der Waals surface area contributed by atoms with Crippen LogP contribution >= 0.6 is 11.6 Å². The Labute approximate surface area is 143 Å². The third-order valence-corrected chi connectivity index (χ3v) is 3.50. The number of hydrogen-bond acceptors (Lipinski definition) is 3. The van der Waals surface area contributed by atoms with Crippen molar-refractivity contribution in [1.29, 1.82) is 0 Å². The first-order valence-corrected chi connectivity index (χ1v) is 7.53. The molecule has 0 fully saturated rings. The predicted octanol–water partition coefficient (Wildman–Crippen LogP) is 3.92. The van der Waals surface area contributed by atoms with Gasteiger partial charge in [-0.25, -0.2) is 0 Å². The Morgan fingerprint density at radius 1 is 1.17 bits per heavy atom. The van der Waals surface area contributed by atoms with Crippen LogP contribution in [0.4, 0.5) is 8.78 Å². The summed E-state index contributed by atoms with van der Waals surface area (Å²) in [5.41, 5.74) is 1.34. The fourth-order valence-corrected chi connectivity index (χ4v) is 2.21. The molecule has 0 radical (unpaired) electrons. The monoisotopic (exact) mass is 355 g/mol. The normalized spacial score (nSPS) is 10.5. The molecule has 0 unspecified atom stereocenters. The van der Waals surface area contributed by atoms with Crippen LogP contribution in [-0.2, 0) is 6.42 Å². The lowest BCUT2D eigenvalue weighted by molar-refractivity contribution is -0.0512. The van der Waals surface area contributed by atoms with Gasteiger partial charge >= 0.3 is 6.61 Å². The molecular formula is C17H16ClF2NO3. The molecule has 4 nitrogen and oxygen atoms in total. The van der Waals surface area contributed by atoms with Crippen LogP contribution in [-0.4, -0.2) is 26.2 Å². The molecule has 128 valence electrons. The van der Waals surface area contributed by atoms with Crippen LogP contribution in [0.3, 0.4) is 0 Å². The Bertz CT molecular complexity index is 693. The topological polar surface area (TPSA) is 47.6 Å². The Hall–Kier alpha value is -2.34. The summed E-state index contributed by atoms with van der Waals surface area (Å²) in [6.07, 6.45) is 0.519. The molecule has 0 bridgehead atoms. The molecule has 24 heavy (non-hydrogen) atoms. The molecule has 0 heterocycles. The lowest BCUT2D eigenvalue weighted by Gasteiger charge is -2.11. The van der Waals surface area contributed by atoms with Gasteiger partial charge < -0.3 is 14.8 Å². The first-order valence-electron chi connectivity index (χ1n) is 7.15. The van der Waals surface area contributed by atoms with E-state index in [2.05, 4.69) is 10.1 Å². The molecular weight excluding hydrogens is 340 g/mol. The van der Waals surface area contributed by atoms with E-state index in [1.54, 1.807) is 36.4 Å². The van der Waals surface area contributed by atoms with Crippen LogP contribution in [0.15, 0.2) is 42.5 Å². The number of amides is 1. The van der Waals surface area contributed by atoms with Crippen molar-refractivity contribution in [3.8, 4) is 11.5 Å². The van der Waals surface area contributed by atoms with Crippen molar-refractivity contribution < 1.29 is 23.0 Å². The smallest absolute Gasteiger partial charge is 0.387 e. The number of rotatable bonds is 7. The quantitative estimate of drug-likeness (QED) is 0.818. The molecule has 1 amide bonds. The minimum Gasteiger partial charge on any atom is -0.493 e. The molecule has 0 saturated heterocycles. The van der Waals surface area contributed by atoms with Crippen LogP contribution in [0.1, 0.15) is 15.9 Å². The highest BCUT2D eigenvalue weighted by Gasteiger charge is 2.11. The number of alkyl halides is 2. The second-order valence-corrected chi connectivity index (χ2v) is 5.31. The number of carbonyl (C=O) groups excluding carboxylic acids is 1. The summed E-state index contributed by atoms with van der Waals surface area (Å²) in [4.78, 5) is 12.0. The lowest BCUT2D eigenvalue weighted by Crippen LogP contribution is -2.25. The van der Waals surface area contributed by atoms with Gasteiger partial charge in [-0.1, -0.05) is 17.7 Å². The summed E-state index contributed by atoms with van der Waals surface area (Å²) >= 11 is 5.77. The van der Waals surface area contributed by atoms with E-state index in [9.17, 15) is 13.6 Å². The van der Waals surface area contributed by atoms with Gasteiger partial charge in [-0.3, -0.25) is 4.79 Å². The van der Waals surface area contributed by atoms with E-state index in [0.717, 1.165) is 5.56 Å². The van der Waals surface area contributed by atoms with Crippen molar-refractivity contribution in [2.45, 2.75) is 13.0 Å². The van der Waals surface area contributed by atoms with E-state index in [4.69, 9.17) is 16.3 Å². The summed E-state index contributed by atoms with van der Waals surface area (Å²) in [6.45, 7) is -2.52.